The maximum Gasteiger partial charge on any atom is 0.142 e. The van der Waals surface area contributed by atoms with Crippen molar-refractivity contribution in [3.8, 4) is 27.8 Å². The molecule has 0 aliphatic carbocycles. The summed E-state index contributed by atoms with van der Waals surface area (Å²) >= 11 is 7.47. The van der Waals surface area contributed by atoms with Gasteiger partial charge in [0, 0.05) is 21.0 Å². The summed E-state index contributed by atoms with van der Waals surface area (Å²) in [4.78, 5) is 5.33. The van der Waals surface area contributed by atoms with Crippen LogP contribution in [0.2, 0.25) is 5.02 Å². The van der Waals surface area contributed by atoms with Crippen LogP contribution in [0.15, 0.2) is 47.8 Å². The smallest absolute Gasteiger partial charge is 0.142 e. The Morgan fingerprint density at radius 2 is 1.95 bits per heavy atom. The van der Waals surface area contributed by atoms with E-state index in [0.29, 0.717) is 10.6 Å². The number of benzene rings is 1. The Kier molecular flexibility index (Phi) is 3.61. The second kappa shape index (κ2) is 5.57. The van der Waals surface area contributed by atoms with Crippen LogP contribution in [0, 0.1) is 11.3 Å². The van der Waals surface area contributed by atoms with Crippen molar-refractivity contribution in [2.24, 2.45) is 0 Å². The Balaban J connectivity index is 2.21. The molecule has 0 bridgehead atoms. The fourth-order valence-electron chi connectivity index (χ4n) is 2.08. The molecule has 0 radical (unpaired) electrons. The van der Waals surface area contributed by atoms with E-state index in [9.17, 15) is 5.26 Å². The molecule has 0 atom stereocenters. The number of aromatic nitrogens is 1. The van der Waals surface area contributed by atoms with Gasteiger partial charge in [0.05, 0.1) is 5.69 Å². The van der Waals surface area contributed by atoms with Crippen LogP contribution in [0.3, 0.4) is 0 Å². The first-order valence-electron chi connectivity index (χ1n) is 6.19. The Labute approximate surface area is 131 Å². The summed E-state index contributed by atoms with van der Waals surface area (Å²) in [6.45, 7) is 0. The van der Waals surface area contributed by atoms with E-state index in [4.69, 9.17) is 17.3 Å². The van der Waals surface area contributed by atoms with E-state index >= 15 is 0 Å². The maximum atomic E-state index is 9.31. The lowest BCUT2D eigenvalue weighted by molar-refractivity contribution is 1.31. The molecule has 0 amide bonds. The predicted octanol–water partition coefficient (Wildman–Crippen LogP) is 4.58. The molecule has 1 aromatic carbocycles. The summed E-state index contributed by atoms with van der Waals surface area (Å²) in [5.41, 5.74) is 8.81. The molecule has 5 heteroatoms. The van der Waals surface area contributed by atoms with Crippen LogP contribution in [0.5, 0.6) is 0 Å². The van der Waals surface area contributed by atoms with Crippen LogP contribution < -0.4 is 5.73 Å². The highest BCUT2D eigenvalue weighted by Gasteiger charge is 2.13. The third-order valence-corrected chi connectivity index (χ3v) is 4.24. The summed E-state index contributed by atoms with van der Waals surface area (Å²) < 4.78 is 0. The summed E-state index contributed by atoms with van der Waals surface area (Å²) in [6.07, 6.45) is 0. The van der Waals surface area contributed by atoms with Crippen molar-refractivity contribution in [3.05, 3.63) is 58.4 Å². The minimum absolute atomic E-state index is 0.244. The molecule has 3 rings (SSSR count). The molecular weight excluding hydrogens is 302 g/mol. The first-order valence-corrected chi connectivity index (χ1v) is 7.45. The second-order valence-corrected chi connectivity index (χ2v) is 5.80. The van der Waals surface area contributed by atoms with Gasteiger partial charge in [-0.25, -0.2) is 4.98 Å². The Morgan fingerprint density at radius 3 is 2.57 bits per heavy atom. The molecule has 2 heterocycles. The average Bonchev–Trinajstić information content (AvgIpc) is 3.01. The van der Waals surface area contributed by atoms with Gasteiger partial charge >= 0.3 is 0 Å². The van der Waals surface area contributed by atoms with Gasteiger partial charge in [0.2, 0.25) is 0 Å². The lowest BCUT2D eigenvalue weighted by Gasteiger charge is -2.08. The summed E-state index contributed by atoms with van der Waals surface area (Å²) in [7, 11) is 0. The number of nitrogen functional groups attached to an aromatic ring is 1. The number of rotatable bonds is 2. The molecule has 21 heavy (non-hydrogen) atoms. The number of nitrogens with two attached hydrogens (primary N) is 1. The molecule has 0 aliphatic rings. The van der Waals surface area contributed by atoms with E-state index in [0.717, 1.165) is 21.7 Å². The summed E-state index contributed by atoms with van der Waals surface area (Å²) in [5, 5.41) is 11.9. The molecular formula is C16H10ClN3S. The average molecular weight is 312 g/mol. The first kappa shape index (κ1) is 13.6. The number of nitrogens with zero attached hydrogens (tertiary/aromatic N) is 2. The zero-order valence-electron chi connectivity index (χ0n) is 10.9. The van der Waals surface area contributed by atoms with E-state index < -0.39 is 0 Å². The molecule has 0 aliphatic heterocycles. The highest BCUT2D eigenvalue weighted by atomic mass is 35.5. The van der Waals surface area contributed by atoms with Crippen molar-refractivity contribution in [2.45, 2.75) is 0 Å². The third kappa shape index (κ3) is 2.62. The minimum Gasteiger partial charge on any atom is -0.383 e. The van der Waals surface area contributed by atoms with Crippen molar-refractivity contribution >= 4 is 28.8 Å². The van der Waals surface area contributed by atoms with Gasteiger partial charge < -0.3 is 5.73 Å². The molecule has 0 fully saturated rings. The number of pyridine rings is 1. The van der Waals surface area contributed by atoms with E-state index in [1.54, 1.807) is 23.5 Å². The molecule has 2 N–H and O–H groups in total. The molecule has 0 unspecified atom stereocenters. The Hall–Kier alpha value is -2.35. The largest absolute Gasteiger partial charge is 0.383 e. The summed E-state index contributed by atoms with van der Waals surface area (Å²) in [6, 6.07) is 15.3. The van der Waals surface area contributed by atoms with E-state index in [1.165, 1.54) is 0 Å². The number of hydrogen-bond donors (Lipinski definition) is 1. The van der Waals surface area contributed by atoms with Gasteiger partial charge in [-0.3, -0.25) is 0 Å². The van der Waals surface area contributed by atoms with Crippen LogP contribution in [0.1, 0.15) is 5.56 Å². The molecule has 3 aromatic rings. The van der Waals surface area contributed by atoms with Crippen LogP contribution in [0.4, 0.5) is 5.82 Å². The zero-order valence-corrected chi connectivity index (χ0v) is 12.4. The molecule has 0 spiro atoms. The second-order valence-electron chi connectivity index (χ2n) is 4.41. The minimum atomic E-state index is 0.244. The van der Waals surface area contributed by atoms with Crippen molar-refractivity contribution in [1.82, 2.24) is 4.98 Å². The van der Waals surface area contributed by atoms with Crippen LogP contribution in [0.25, 0.3) is 21.7 Å². The summed E-state index contributed by atoms with van der Waals surface area (Å²) in [5.74, 6) is 0.244. The standard InChI is InChI=1S/C16H10ClN3S/c17-11-5-3-10(4-6-11)14-8-12(15-2-1-7-21-15)13(9-18)16(19)20-14/h1-8H,(H2,19,20). The van der Waals surface area contributed by atoms with E-state index in [-0.39, 0.29) is 5.82 Å². The van der Waals surface area contributed by atoms with Crippen molar-refractivity contribution < 1.29 is 0 Å². The highest BCUT2D eigenvalue weighted by Crippen LogP contribution is 2.33. The monoisotopic (exact) mass is 311 g/mol. The molecule has 0 saturated carbocycles. The predicted molar refractivity (Wildman–Crippen MR) is 87.1 cm³/mol. The van der Waals surface area contributed by atoms with Crippen molar-refractivity contribution in [3.63, 3.8) is 0 Å². The quantitative estimate of drug-likeness (QED) is 0.753. The topological polar surface area (TPSA) is 62.7 Å². The van der Waals surface area contributed by atoms with Crippen molar-refractivity contribution in [1.29, 1.82) is 5.26 Å². The highest BCUT2D eigenvalue weighted by molar-refractivity contribution is 7.13. The van der Waals surface area contributed by atoms with Gasteiger partial charge in [0.1, 0.15) is 17.5 Å². The van der Waals surface area contributed by atoms with E-state index in [1.807, 2.05) is 35.7 Å². The molecule has 102 valence electrons. The number of hydrogen-bond acceptors (Lipinski definition) is 4. The molecule has 3 nitrogen and oxygen atoms in total. The fourth-order valence-corrected chi connectivity index (χ4v) is 2.95. The lowest BCUT2D eigenvalue weighted by atomic mass is 10.0. The normalized spacial score (nSPS) is 10.3. The van der Waals surface area contributed by atoms with Crippen LogP contribution in [-0.4, -0.2) is 4.98 Å². The van der Waals surface area contributed by atoms with E-state index in [2.05, 4.69) is 11.1 Å². The van der Waals surface area contributed by atoms with Gasteiger partial charge in [-0.15, -0.1) is 11.3 Å². The first-order chi connectivity index (χ1) is 10.2. The third-order valence-electron chi connectivity index (χ3n) is 3.09. The van der Waals surface area contributed by atoms with Gasteiger partial charge in [0.15, 0.2) is 0 Å². The van der Waals surface area contributed by atoms with Gasteiger partial charge in [-0.05, 0) is 29.6 Å². The maximum absolute atomic E-state index is 9.31. The number of nitriles is 1. The van der Waals surface area contributed by atoms with Gasteiger partial charge in [-0.2, -0.15) is 5.26 Å². The lowest BCUT2D eigenvalue weighted by Crippen LogP contribution is -1.99. The number of thiophene rings is 1. The Bertz CT molecular complexity index is 818. The Morgan fingerprint density at radius 1 is 1.19 bits per heavy atom. The molecule has 0 saturated heterocycles. The SMILES string of the molecule is N#Cc1c(-c2cccs2)cc(-c2ccc(Cl)cc2)nc1N. The van der Waals surface area contributed by atoms with Crippen LogP contribution >= 0.6 is 22.9 Å². The van der Waals surface area contributed by atoms with Crippen molar-refractivity contribution in [2.75, 3.05) is 5.73 Å². The number of halogens is 1. The van der Waals surface area contributed by atoms with Gasteiger partial charge in [-0.1, -0.05) is 29.8 Å². The number of anilines is 1. The fraction of sp³-hybridized carbons (Fsp3) is 0. The zero-order chi connectivity index (χ0) is 14.8. The van der Waals surface area contributed by atoms with Crippen LogP contribution in [-0.2, 0) is 0 Å². The van der Waals surface area contributed by atoms with Gasteiger partial charge in [0.25, 0.3) is 0 Å². The molecule has 2 aromatic heterocycles.